The van der Waals surface area contributed by atoms with Gasteiger partial charge in [-0.25, -0.2) is 18.5 Å². The maximum absolute atomic E-state index is 11.6. The molecule has 0 bridgehead atoms. The molecule has 1 aliphatic heterocycles. The molecule has 0 saturated heterocycles. The van der Waals surface area contributed by atoms with Gasteiger partial charge in [0.2, 0.25) is 15.7 Å². The maximum Gasteiger partial charge on any atom is 0.238 e. The molecule has 1 atom stereocenters. The Morgan fingerprint density at radius 1 is 1.03 bits per heavy atom. The molecule has 7 nitrogen and oxygen atoms in total. The number of nitrogens with two attached hydrogens (primary N) is 1. The summed E-state index contributed by atoms with van der Waals surface area (Å²) in [6.45, 7) is 0.160. The molecule has 1 heterocycles. The van der Waals surface area contributed by atoms with Crippen LogP contribution in [0.5, 0.6) is 5.75 Å². The summed E-state index contributed by atoms with van der Waals surface area (Å²) in [7, 11) is -2.24. The SMILES string of the molecule is COc1ccc(C2(O)CN(c3ccc(Cl)cc3)C(c3ccc(S(N)(=O)=O)cc3)=N2)cc1. The molecule has 0 radical (unpaired) electrons. The summed E-state index contributed by atoms with van der Waals surface area (Å²) >= 11 is 6.03. The molecule has 0 fully saturated rings. The smallest absolute Gasteiger partial charge is 0.238 e. The molecular formula is C22H20ClN3O4S. The molecule has 0 aliphatic carbocycles. The van der Waals surface area contributed by atoms with Crippen LogP contribution >= 0.6 is 11.6 Å². The van der Waals surface area contributed by atoms with Crippen molar-refractivity contribution in [1.29, 1.82) is 0 Å². The van der Waals surface area contributed by atoms with E-state index >= 15 is 0 Å². The van der Waals surface area contributed by atoms with Gasteiger partial charge in [-0.2, -0.15) is 0 Å². The molecule has 3 aromatic rings. The topological polar surface area (TPSA) is 105 Å². The number of rotatable bonds is 5. The molecule has 160 valence electrons. The largest absolute Gasteiger partial charge is 0.497 e. The van der Waals surface area contributed by atoms with E-state index in [2.05, 4.69) is 4.99 Å². The summed E-state index contributed by atoms with van der Waals surface area (Å²) in [4.78, 5) is 6.48. The van der Waals surface area contributed by atoms with Gasteiger partial charge < -0.3 is 14.7 Å². The normalized spacial score (nSPS) is 18.7. The third-order valence-corrected chi connectivity index (χ3v) is 6.24. The fourth-order valence-corrected chi connectivity index (χ4v) is 4.07. The lowest BCUT2D eigenvalue weighted by atomic mass is 10.0. The minimum atomic E-state index is -3.82. The number of aliphatic hydroxyl groups is 1. The Labute approximate surface area is 185 Å². The van der Waals surface area contributed by atoms with Crippen LogP contribution in [0, 0.1) is 0 Å². The molecule has 9 heteroatoms. The zero-order valence-electron chi connectivity index (χ0n) is 16.6. The maximum atomic E-state index is 11.6. The second-order valence-electron chi connectivity index (χ2n) is 7.11. The highest BCUT2D eigenvalue weighted by Crippen LogP contribution is 2.35. The summed E-state index contributed by atoms with van der Waals surface area (Å²) in [6.07, 6.45) is 0. The lowest BCUT2D eigenvalue weighted by Gasteiger charge is -2.24. The third-order valence-electron chi connectivity index (χ3n) is 5.06. The first-order chi connectivity index (χ1) is 14.7. The number of benzene rings is 3. The Kier molecular flexibility index (Phi) is 5.49. The van der Waals surface area contributed by atoms with Crippen molar-refractivity contribution in [2.75, 3.05) is 18.6 Å². The van der Waals surface area contributed by atoms with Gasteiger partial charge in [0.1, 0.15) is 11.6 Å². The van der Waals surface area contributed by atoms with E-state index in [1.165, 1.54) is 12.1 Å². The predicted octanol–water partition coefficient (Wildman–Crippen LogP) is 3.11. The van der Waals surface area contributed by atoms with Crippen molar-refractivity contribution >= 4 is 33.1 Å². The number of anilines is 1. The van der Waals surface area contributed by atoms with E-state index in [4.69, 9.17) is 21.5 Å². The number of methoxy groups -OCH3 is 1. The Hall–Kier alpha value is -2.91. The molecule has 1 unspecified atom stereocenters. The number of halogens is 1. The van der Waals surface area contributed by atoms with Crippen molar-refractivity contribution in [3.8, 4) is 5.75 Å². The Balaban J connectivity index is 1.79. The van der Waals surface area contributed by atoms with E-state index in [0.717, 1.165) is 5.69 Å². The van der Waals surface area contributed by atoms with Gasteiger partial charge in [-0.1, -0.05) is 23.7 Å². The minimum absolute atomic E-state index is 0.00157. The molecule has 31 heavy (non-hydrogen) atoms. The van der Waals surface area contributed by atoms with Crippen LogP contribution in [0.1, 0.15) is 11.1 Å². The number of primary sulfonamides is 1. The standard InChI is InChI=1S/C22H20ClN3O4S/c1-30-19-10-4-16(5-11-19)22(27)14-26(18-8-6-17(23)7-9-18)21(25-22)15-2-12-20(13-3-15)31(24,28)29/h2-13,27H,14H2,1H3,(H2,24,28,29). The lowest BCUT2D eigenvalue weighted by Crippen LogP contribution is -2.34. The average molecular weight is 458 g/mol. The van der Waals surface area contributed by atoms with Crippen LogP contribution in [0.15, 0.2) is 82.7 Å². The molecule has 0 amide bonds. The van der Waals surface area contributed by atoms with Crippen LogP contribution < -0.4 is 14.8 Å². The van der Waals surface area contributed by atoms with E-state index in [9.17, 15) is 13.5 Å². The highest BCUT2D eigenvalue weighted by Gasteiger charge is 2.40. The fourth-order valence-electron chi connectivity index (χ4n) is 3.43. The highest BCUT2D eigenvalue weighted by molar-refractivity contribution is 7.89. The Morgan fingerprint density at radius 2 is 1.65 bits per heavy atom. The van der Waals surface area contributed by atoms with Crippen LogP contribution in [0.3, 0.4) is 0 Å². The first-order valence-electron chi connectivity index (χ1n) is 9.33. The van der Waals surface area contributed by atoms with Crippen molar-refractivity contribution in [2.24, 2.45) is 10.1 Å². The summed E-state index contributed by atoms with van der Waals surface area (Å²) in [5, 5.41) is 17.2. The number of amidine groups is 1. The van der Waals surface area contributed by atoms with Gasteiger partial charge in [0.05, 0.1) is 18.6 Å². The van der Waals surface area contributed by atoms with Crippen molar-refractivity contribution in [3.63, 3.8) is 0 Å². The van der Waals surface area contributed by atoms with E-state index in [-0.39, 0.29) is 11.4 Å². The van der Waals surface area contributed by atoms with Gasteiger partial charge in [0, 0.05) is 21.8 Å². The minimum Gasteiger partial charge on any atom is -0.497 e. The first kappa shape index (κ1) is 21.3. The molecule has 0 aromatic heterocycles. The number of sulfonamides is 1. The summed E-state index contributed by atoms with van der Waals surface area (Å²) in [6, 6.07) is 20.3. The fraction of sp³-hybridized carbons (Fsp3) is 0.136. The molecule has 3 aromatic carbocycles. The second-order valence-corrected chi connectivity index (χ2v) is 9.11. The van der Waals surface area contributed by atoms with Crippen molar-refractivity contribution < 1.29 is 18.3 Å². The number of ether oxygens (including phenoxy) is 1. The highest BCUT2D eigenvalue weighted by atomic mass is 35.5. The van der Waals surface area contributed by atoms with E-state index in [0.29, 0.717) is 27.7 Å². The van der Waals surface area contributed by atoms with Crippen molar-refractivity contribution in [3.05, 3.63) is 88.9 Å². The summed E-state index contributed by atoms with van der Waals surface area (Å²) in [5.74, 6) is 1.16. The van der Waals surface area contributed by atoms with Crippen LogP contribution in [-0.4, -0.2) is 33.0 Å². The van der Waals surface area contributed by atoms with Gasteiger partial charge in [-0.05, 0) is 60.7 Å². The van der Waals surface area contributed by atoms with Crippen molar-refractivity contribution in [2.45, 2.75) is 10.6 Å². The van der Waals surface area contributed by atoms with Crippen LogP contribution in [0.25, 0.3) is 0 Å². The van der Waals surface area contributed by atoms with E-state index in [1.54, 1.807) is 55.6 Å². The van der Waals surface area contributed by atoms with Gasteiger partial charge in [0.15, 0.2) is 0 Å². The van der Waals surface area contributed by atoms with Gasteiger partial charge >= 0.3 is 0 Å². The zero-order chi connectivity index (χ0) is 22.2. The molecule has 0 saturated carbocycles. The number of hydrogen-bond donors (Lipinski definition) is 2. The molecule has 3 N–H and O–H groups in total. The van der Waals surface area contributed by atoms with E-state index in [1.807, 2.05) is 17.0 Å². The van der Waals surface area contributed by atoms with Gasteiger partial charge in [-0.15, -0.1) is 0 Å². The van der Waals surface area contributed by atoms with Gasteiger partial charge in [0.25, 0.3) is 0 Å². The third kappa shape index (κ3) is 4.28. The predicted molar refractivity (Wildman–Crippen MR) is 120 cm³/mol. The van der Waals surface area contributed by atoms with Crippen LogP contribution in [0.4, 0.5) is 5.69 Å². The van der Waals surface area contributed by atoms with Crippen LogP contribution in [-0.2, 0) is 15.7 Å². The molecule has 1 aliphatic rings. The summed E-state index contributed by atoms with van der Waals surface area (Å²) < 4.78 is 28.4. The second kappa shape index (κ2) is 7.97. The first-order valence-corrected chi connectivity index (χ1v) is 11.3. The monoisotopic (exact) mass is 457 g/mol. The molecule has 4 rings (SSSR count). The zero-order valence-corrected chi connectivity index (χ0v) is 18.1. The lowest BCUT2D eigenvalue weighted by molar-refractivity contribution is 0.0647. The number of aliphatic imine (C=N–C) groups is 1. The average Bonchev–Trinajstić information content (AvgIpc) is 3.13. The summed E-state index contributed by atoms with van der Waals surface area (Å²) in [5.41, 5.74) is 0.498. The molecule has 0 spiro atoms. The van der Waals surface area contributed by atoms with Crippen molar-refractivity contribution in [1.82, 2.24) is 0 Å². The Bertz CT molecular complexity index is 1230. The number of hydrogen-bond acceptors (Lipinski definition) is 6. The number of nitrogens with zero attached hydrogens (tertiary/aromatic N) is 2. The Morgan fingerprint density at radius 3 is 2.19 bits per heavy atom. The molecular weight excluding hydrogens is 438 g/mol. The van der Waals surface area contributed by atoms with Crippen LogP contribution in [0.2, 0.25) is 5.02 Å². The van der Waals surface area contributed by atoms with Gasteiger partial charge in [-0.3, -0.25) is 0 Å². The number of β-amino-alcohol motifs (C(OH)–C–C–N with tert-alkyl or cyclic N) is 1. The quantitative estimate of drug-likeness (QED) is 0.612. The van der Waals surface area contributed by atoms with E-state index < -0.39 is 15.7 Å².